The molecular formula is C10H12OSSe. The Labute approximate surface area is 89.0 Å². The van der Waals surface area contributed by atoms with Gasteiger partial charge in [-0.25, -0.2) is 0 Å². The van der Waals surface area contributed by atoms with E-state index in [1.165, 1.54) is 4.88 Å². The van der Waals surface area contributed by atoms with Crippen molar-refractivity contribution in [3.05, 3.63) is 28.0 Å². The number of carbonyl (C=O) groups is 1. The Morgan fingerprint density at radius 2 is 2.38 bits per heavy atom. The number of thiophene rings is 1. The van der Waals surface area contributed by atoms with Crippen molar-refractivity contribution < 1.29 is 4.79 Å². The monoisotopic (exact) mass is 260 g/mol. The fourth-order valence-corrected chi connectivity index (χ4v) is 2.61. The molecular weight excluding hydrogens is 247 g/mol. The van der Waals surface area contributed by atoms with Gasteiger partial charge in [-0.2, -0.15) is 0 Å². The van der Waals surface area contributed by atoms with Gasteiger partial charge in [0.15, 0.2) is 0 Å². The van der Waals surface area contributed by atoms with Crippen molar-refractivity contribution >= 4 is 37.1 Å². The van der Waals surface area contributed by atoms with Gasteiger partial charge in [-0.1, -0.05) is 0 Å². The molecule has 0 aromatic carbocycles. The van der Waals surface area contributed by atoms with Crippen LogP contribution in [0.3, 0.4) is 0 Å². The van der Waals surface area contributed by atoms with E-state index < -0.39 is 0 Å². The summed E-state index contributed by atoms with van der Waals surface area (Å²) in [5.41, 5.74) is 0. The predicted molar refractivity (Wildman–Crippen MR) is 59.3 cm³/mol. The summed E-state index contributed by atoms with van der Waals surface area (Å²) in [4.78, 5) is 13.6. The Balaban J connectivity index is 2.53. The molecule has 13 heavy (non-hydrogen) atoms. The Morgan fingerprint density at radius 1 is 1.62 bits per heavy atom. The van der Waals surface area contributed by atoms with Gasteiger partial charge < -0.3 is 0 Å². The Kier molecular flexibility index (Phi) is 4.43. The summed E-state index contributed by atoms with van der Waals surface area (Å²) >= 11 is 1.86. The van der Waals surface area contributed by atoms with Crippen LogP contribution in [0.25, 0.3) is 6.08 Å². The molecule has 3 heteroatoms. The molecule has 0 bridgehead atoms. The molecule has 0 fully saturated rings. The number of hydrogen-bond acceptors (Lipinski definition) is 2. The predicted octanol–water partition coefficient (Wildman–Crippen LogP) is 2.74. The van der Waals surface area contributed by atoms with Crippen LogP contribution in [0.15, 0.2) is 18.2 Å². The van der Waals surface area contributed by atoms with Crippen LogP contribution in [0, 0.1) is 6.92 Å². The summed E-state index contributed by atoms with van der Waals surface area (Å²) in [5, 5.41) is 0.986. The van der Waals surface area contributed by atoms with Gasteiger partial charge in [0.25, 0.3) is 0 Å². The van der Waals surface area contributed by atoms with Gasteiger partial charge in [0.2, 0.25) is 0 Å². The summed E-state index contributed by atoms with van der Waals surface area (Å²) in [6, 6.07) is 4.11. The number of allylic oxidation sites excluding steroid dienone is 1. The molecule has 70 valence electrons. The Bertz CT molecular complexity index is 314. The van der Waals surface area contributed by atoms with E-state index in [9.17, 15) is 4.79 Å². The molecule has 1 rings (SSSR count). The van der Waals surface area contributed by atoms with Crippen molar-refractivity contribution in [2.24, 2.45) is 0 Å². The van der Waals surface area contributed by atoms with E-state index in [0.717, 1.165) is 10.2 Å². The van der Waals surface area contributed by atoms with Crippen LogP contribution in [0.5, 0.6) is 0 Å². The molecule has 0 radical (unpaired) electrons. The maximum atomic E-state index is 11.2. The fraction of sp³-hybridized carbons (Fsp3) is 0.300. The van der Waals surface area contributed by atoms with Gasteiger partial charge in [0, 0.05) is 0 Å². The summed E-state index contributed by atoms with van der Waals surface area (Å²) in [5.74, 6) is 0. The molecule has 0 unspecified atom stereocenters. The third-order valence-corrected chi connectivity index (χ3v) is 3.89. The maximum absolute atomic E-state index is 11.2. The van der Waals surface area contributed by atoms with Gasteiger partial charge in [0.1, 0.15) is 0 Å². The quantitative estimate of drug-likeness (QED) is 0.600. The molecule has 0 saturated carbocycles. The summed E-state index contributed by atoms with van der Waals surface area (Å²) < 4.78 is 0.279. The molecule has 0 N–H and O–H groups in total. The van der Waals surface area contributed by atoms with Crippen molar-refractivity contribution in [2.45, 2.75) is 19.2 Å². The molecule has 0 spiro atoms. The van der Waals surface area contributed by atoms with Crippen molar-refractivity contribution in [1.29, 1.82) is 0 Å². The number of hydrogen-bond donors (Lipinski definition) is 0. The zero-order valence-electron chi connectivity index (χ0n) is 7.74. The first-order valence-electron chi connectivity index (χ1n) is 4.13. The van der Waals surface area contributed by atoms with E-state index in [0.29, 0.717) is 0 Å². The Hall–Kier alpha value is -0.371. The molecule has 0 saturated heterocycles. The van der Waals surface area contributed by atoms with Crippen molar-refractivity contribution in [3.8, 4) is 0 Å². The third-order valence-electron chi connectivity index (χ3n) is 1.43. The molecule has 0 amide bonds. The van der Waals surface area contributed by atoms with Crippen LogP contribution in [0.2, 0.25) is 5.32 Å². The van der Waals surface area contributed by atoms with Gasteiger partial charge in [0.05, 0.1) is 0 Å². The molecule has 0 aliphatic rings. The fourth-order valence-electron chi connectivity index (χ4n) is 0.884. The molecule has 0 atom stereocenters. The normalized spacial score (nSPS) is 10.9. The summed E-state index contributed by atoms with van der Waals surface area (Å²) in [7, 11) is 0. The standard InChI is InChI=1S/C10H12OSSe/c1-3-13-10(11)7-6-9-5-4-8(2)12-9/h4-7H,3H2,1-2H3/b7-6+. The van der Waals surface area contributed by atoms with E-state index in [-0.39, 0.29) is 19.6 Å². The van der Waals surface area contributed by atoms with Crippen LogP contribution in [-0.2, 0) is 4.79 Å². The van der Waals surface area contributed by atoms with E-state index in [4.69, 9.17) is 0 Å². The first-order valence-corrected chi connectivity index (χ1v) is 7.02. The van der Waals surface area contributed by atoms with Gasteiger partial charge >= 0.3 is 89.0 Å². The van der Waals surface area contributed by atoms with Crippen molar-refractivity contribution in [3.63, 3.8) is 0 Å². The van der Waals surface area contributed by atoms with E-state index in [2.05, 4.69) is 13.0 Å². The number of aryl methyl sites for hydroxylation is 1. The summed E-state index contributed by atoms with van der Waals surface area (Å²) in [6.45, 7) is 4.11. The van der Waals surface area contributed by atoms with E-state index in [1.54, 1.807) is 17.4 Å². The number of carbonyl (C=O) groups excluding carboxylic acids is 1. The molecule has 1 nitrogen and oxygen atoms in total. The van der Waals surface area contributed by atoms with Crippen LogP contribution in [0.4, 0.5) is 0 Å². The van der Waals surface area contributed by atoms with Crippen LogP contribution < -0.4 is 0 Å². The van der Waals surface area contributed by atoms with Crippen LogP contribution >= 0.6 is 11.3 Å². The minimum absolute atomic E-state index is 0.142. The Morgan fingerprint density at radius 3 is 2.92 bits per heavy atom. The van der Waals surface area contributed by atoms with Gasteiger partial charge in [-0.3, -0.25) is 0 Å². The second-order valence-corrected chi connectivity index (χ2v) is 6.51. The average Bonchev–Trinajstić information content (AvgIpc) is 2.49. The number of rotatable bonds is 4. The topological polar surface area (TPSA) is 17.1 Å². The molecule has 1 aromatic heterocycles. The molecule has 0 aliphatic carbocycles. The first-order chi connectivity index (χ1) is 6.22. The van der Waals surface area contributed by atoms with Gasteiger partial charge in [-0.15, -0.1) is 0 Å². The molecule has 1 aromatic rings. The molecule has 0 aliphatic heterocycles. The SMILES string of the molecule is CC[Se]C(=O)/C=C/c1ccc(C)s1. The second kappa shape index (κ2) is 5.38. The van der Waals surface area contributed by atoms with Gasteiger partial charge in [-0.05, 0) is 0 Å². The van der Waals surface area contributed by atoms with Crippen molar-refractivity contribution in [1.82, 2.24) is 0 Å². The average molecular weight is 259 g/mol. The van der Waals surface area contributed by atoms with E-state index >= 15 is 0 Å². The summed E-state index contributed by atoms with van der Waals surface area (Å²) in [6.07, 6.45) is 3.62. The first kappa shape index (κ1) is 10.7. The zero-order chi connectivity index (χ0) is 9.68. The van der Waals surface area contributed by atoms with Crippen molar-refractivity contribution in [2.75, 3.05) is 0 Å². The van der Waals surface area contributed by atoms with Crippen LogP contribution in [-0.4, -0.2) is 19.6 Å². The third kappa shape index (κ3) is 3.90. The van der Waals surface area contributed by atoms with E-state index in [1.807, 2.05) is 19.1 Å². The van der Waals surface area contributed by atoms with Crippen LogP contribution in [0.1, 0.15) is 16.7 Å². The minimum atomic E-state index is 0.142. The second-order valence-electron chi connectivity index (χ2n) is 2.53. The zero-order valence-corrected chi connectivity index (χ0v) is 10.3. The molecule has 1 heterocycles.